The van der Waals surface area contributed by atoms with Gasteiger partial charge >= 0.3 is 0 Å². The molecule has 1 unspecified atom stereocenters. The third-order valence-corrected chi connectivity index (χ3v) is 7.86. The van der Waals surface area contributed by atoms with E-state index in [2.05, 4.69) is 5.32 Å². The van der Waals surface area contributed by atoms with Gasteiger partial charge in [-0.05, 0) is 47.7 Å². The number of hydrogen-bond acceptors (Lipinski definition) is 4. The average Bonchev–Trinajstić information content (AvgIpc) is 2.93. The van der Waals surface area contributed by atoms with Gasteiger partial charge in [0.15, 0.2) is 0 Å². The number of carbonyl (C=O) groups excluding carboxylic acids is 2. The summed E-state index contributed by atoms with van der Waals surface area (Å²) in [4.78, 5) is 28.9. The number of sulfonamides is 1. The summed E-state index contributed by atoms with van der Waals surface area (Å²) >= 11 is 6.09. The first-order valence-electron chi connectivity index (χ1n) is 13.4. The molecule has 0 bridgehead atoms. The molecule has 9 heteroatoms. The number of hydrogen-bond donors (Lipinski definition) is 1. The number of amides is 2. The smallest absolute Gasteiger partial charge is 0.243 e. The van der Waals surface area contributed by atoms with Crippen molar-refractivity contribution in [2.75, 3.05) is 23.7 Å². The Hall–Kier alpha value is -3.36. The van der Waals surface area contributed by atoms with Crippen LogP contribution in [0.1, 0.15) is 37.8 Å². The molecule has 0 saturated heterocycles. The van der Waals surface area contributed by atoms with Gasteiger partial charge in [-0.3, -0.25) is 13.9 Å². The molecule has 0 radical (unpaired) electrons. The molecule has 3 aromatic carbocycles. The normalized spacial score (nSPS) is 12.1. The van der Waals surface area contributed by atoms with E-state index in [-0.39, 0.29) is 37.2 Å². The predicted octanol–water partition coefficient (Wildman–Crippen LogP) is 5.30. The van der Waals surface area contributed by atoms with Crippen LogP contribution in [0.4, 0.5) is 5.69 Å². The van der Waals surface area contributed by atoms with E-state index in [1.54, 1.807) is 41.3 Å². The van der Waals surface area contributed by atoms with Gasteiger partial charge in [-0.15, -0.1) is 0 Å². The van der Waals surface area contributed by atoms with E-state index in [0.29, 0.717) is 30.1 Å². The number of anilines is 1. The van der Waals surface area contributed by atoms with Crippen LogP contribution >= 0.6 is 11.6 Å². The lowest BCUT2D eigenvalue weighted by atomic mass is 10.0. The summed E-state index contributed by atoms with van der Waals surface area (Å²) in [5.74, 6) is -0.194. The second-order valence-electron chi connectivity index (χ2n) is 10.3. The molecule has 1 atom stereocenters. The van der Waals surface area contributed by atoms with Crippen LogP contribution in [0.3, 0.4) is 0 Å². The van der Waals surface area contributed by atoms with E-state index in [9.17, 15) is 18.0 Å². The fraction of sp³-hybridized carbons (Fsp3) is 0.355. The number of para-hydroxylation sites is 1. The van der Waals surface area contributed by atoms with Gasteiger partial charge in [0, 0.05) is 37.5 Å². The highest BCUT2D eigenvalue weighted by molar-refractivity contribution is 7.92. The molecule has 0 aromatic heterocycles. The first-order valence-corrected chi connectivity index (χ1v) is 15.7. The van der Waals surface area contributed by atoms with E-state index in [0.717, 1.165) is 17.4 Å². The molecule has 0 fully saturated rings. The minimum absolute atomic E-state index is 0.0786. The number of benzene rings is 3. The van der Waals surface area contributed by atoms with Crippen molar-refractivity contribution < 1.29 is 18.0 Å². The molecule has 0 saturated carbocycles. The minimum Gasteiger partial charge on any atom is -0.354 e. The summed E-state index contributed by atoms with van der Waals surface area (Å²) < 4.78 is 26.3. The Balaban J connectivity index is 1.86. The van der Waals surface area contributed by atoms with Gasteiger partial charge in [0.2, 0.25) is 21.8 Å². The van der Waals surface area contributed by atoms with E-state index in [4.69, 9.17) is 11.6 Å². The predicted molar refractivity (Wildman–Crippen MR) is 162 cm³/mol. The standard InChI is InChI=1S/C31H38ClN3O4S/c1-24(2)22-33-31(37)29(21-25-11-6-4-7-12-25)34(23-26-16-18-27(32)19-17-26)30(36)15-10-20-35(40(3,38)39)28-13-8-5-9-14-28/h4-9,11-14,16-19,24,29H,10,15,20-23H2,1-3H3,(H,33,37). The van der Waals surface area contributed by atoms with Gasteiger partial charge in [-0.25, -0.2) is 8.42 Å². The quantitative estimate of drug-likeness (QED) is 0.279. The zero-order valence-corrected chi connectivity index (χ0v) is 24.9. The third kappa shape index (κ3) is 9.68. The molecule has 1 N–H and O–H groups in total. The lowest BCUT2D eigenvalue weighted by molar-refractivity contribution is -0.141. The van der Waals surface area contributed by atoms with Crippen LogP contribution in [-0.2, 0) is 32.6 Å². The third-order valence-electron chi connectivity index (χ3n) is 6.42. The Morgan fingerprint density at radius 3 is 2.05 bits per heavy atom. The molecule has 0 spiro atoms. The van der Waals surface area contributed by atoms with Gasteiger partial charge in [0.05, 0.1) is 11.9 Å². The number of halogens is 1. The summed E-state index contributed by atoms with van der Waals surface area (Å²) in [6.45, 7) is 4.89. The molecule has 3 aromatic rings. The van der Waals surface area contributed by atoms with E-state index in [1.165, 1.54) is 4.31 Å². The maximum absolute atomic E-state index is 13.8. The molecule has 214 valence electrons. The summed E-state index contributed by atoms with van der Waals surface area (Å²) in [6, 6.07) is 24.9. The van der Waals surface area contributed by atoms with Crippen molar-refractivity contribution in [1.82, 2.24) is 10.2 Å². The largest absolute Gasteiger partial charge is 0.354 e. The van der Waals surface area contributed by atoms with Gasteiger partial charge in [0.1, 0.15) is 6.04 Å². The molecule has 40 heavy (non-hydrogen) atoms. The summed E-state index contributed by atoms with van der Waals surface area (Å²) in [7, 11) is -3.54. The molecule has 0 aliphatic carbocycles. The number of nitrogens with one attached hydrogen (secondary N) is 1. The fourth-order valence-electron chi connectivity index (χ4n) is 4.36. The molecule has 0 aliphatic rings. The first-order chi connectivity index (χ1) is 19.0. The highest BCUT2D eigenvalue weighted by Gasteiger charge is 2.30. The van der Waals surface area contributed by atoms with Crippen molar-refractivity contribution in [3.8, 4) is 0 Å². The molecule has 3 rings (SSSR count). The lowest BCUT2D eigenvalue weighted by Gasteiger charge is -2.32. The highest BCUT2D eigenvalue weighted by atomic mass is 35.5. The van der Waals surface area contributed by atoms with Gasteiger partial charge < -0.3 is 10.2 Å². The maximum Gasteiger partial charge on any atom is 0.243 e. The molecule has 0 aliphatic heterocycles. The summed E-state index contributed by atoms with van der Waals surface area (Å²) in [5.41, 5.74) is 2.33. The molecular weight excluding hydrogens is 546 g/mol. The second-order valence-corrected chi connectivity index (χ2v) is 12.6. The average molecular weight is 584 g/mol. The number of nitrogens with zero attached hydrogens (tertiary/aromatic N) is 2. The van der Waals surface area contributed by atoms with E-state index < -0.39 is 16.1 Å². The van der Waals surface area contributed by atoms with Crippen LogP contribution in [0.5, 0.6) is 0 Å². The Labute approximate surface area is 243 Å². The highest BCUT2D eigenvalue weighted by Crippen LogP contribution is 2.20. The lowest BCUT2D eigenvalue weighted by Crippen LogP contribution is -2.51. The number of carbonyl (C=O) groups is 2. The van der Waals surface area contributed by atoms with Crippen molar-refractivity contribution in [3.63, 3.8) is 0 Å². The van der Waals surface area contributed by atoms with E-state index >= 15 is 0 Å². The van der Waals surface area contributed by atoms with Gasteiger partial charge in [0.25, 0.3) is 0 Å². The Morgan fingerprint density at radius 2 is 1.48 bits per heavy atom. The van der Waals surface area contributed by atoms with Gasteiger partial charge in [-0.2, -0.15) is 0 Å². The summed E-state index contributed by atoms with van der Waals surface area (Å²) in [6.07, 6.45) is 1.88. The Bertz CT molecular complexity index is 1330. The maximum atomic E-state index is 13.8. The molecule has 0 heterocycles. The first kappa shape index (κ1) is 31.2. The van der Waals surface area contributed by atoms with Crippen molar-refractivity contribution in [2.24, 2.45) is 5.92 Å². The van der Waals surface area contributed by atoms with Gasteiger partial charge in [-0.1, -0.05) is 86.1 Å². The second kappa shape index (κ2) is 14.9. The Kier molecular flexibility index (Phi) is 11.6. The van der Waals surface area contributed by atoms with Crippen LogP contribution in [0.2, 0.25) is 5.02 Å². The molecule has 7 nitrogen and oxygen atoms in total. The SMILES string of the molecule is CC(C)CNC(=O)C(Cc1ccccc1)N(Cc1ccc(Cl)cc1)C(=O)CCCN(c1ccccc1)S(C)(=O)=O. The zero-order valence-electron chi connectivity index (χ0n) is 23.3. The minimum atomic E-state index is -3.54. The topological polar surface area (TPSA) is 86.8 Å². The fourth-order valence-corrected chi connectivity index (χ4v) is 5.45. The Morgan fingerprint density at radius 1 is 0.875 bits per heavy atom. The monoisotopic (exact) mass is 583 g/mol. The van der Waals surface area contributed by atoms with Crippen molar-refractivity contribution in [2.45, 2.75) is 45.7 Å². The number of rotatable bonds is 14. The van der Waals surface area contributed by atoms with Crippen LogP contribution in [0, 0.1) is 5.92 Å². The van der Waals surface area contributed by atoms with Crippen molar-refractivity contribution in [3.05, 3.63) is 101 Å². The van der Waals surface area contributed by atoms with Crippen LogP contribution in [0.25, 0.3) is 0 Å². The molecular formula is C31H38ClN3O4S. The van der Waals surface area contributed by atoms with Crippen molar-refractivity contribution >= 4 is 39.1 Å². The van der Waals surface area contributed by atoms with E-state index in [1.807, 2.05) is 62.4 Å². The zero-order chi connectivity index (χ0) is 29.1. The van der Waals surface area contributed by atoms with Crippen LogP contribution in [-0.4, -0.2) is 50.5 Å². The summed E-state index contributed by atoms with van der Waals surface area (Å²) in [5, 5.41) is 3.59. The van der Waals surface area contributed by atoms with Crippen LogP contribution in [0.15, 0.2) is 84.9 Å². The van der Waals surface area contributed by atoms with Crippen molar-refractivity contribution in [1.29, 1.82) is 0 Å². The molecule has 2 amide bonds. The van der Waals surface area contributed by atoms with Crippen LogP contribution < -0.4 is 9.62 Å².